The topological polar surface area (TPSA) is 23.9 Å². The second-order valence-corrected chi connectivity index (χ2v) is 5.73. The molecule has 0 atom stereocenters. The van der Waals surface area contributed by atoms with Crippen LogP contribution in [0.2, 0.25) is 0 Å². The van der Waals surface area contributed by atoms with Gasteiger partial charge >= 0.3 is 73.6 Å². The van der Waals surface area contributed by atoms with Crippen LogP contribution in [-0.4, -0.2) is 15.1 Å². The normalized spacial score (nSPS) is 9.70. The minimum absolute atomic E-state index is 0.474. The van der Waals surface area contributed by atoms with Crippen molar-refractivity contribution in [2.24, 2.45) is 0 Å². The van der Waals surface area contributed by atoms with Crippen molar-refractivity contribution in [2.45, 2.75) is 19.8 Å². The maximum atomic E-state index is 6.87. The Hall–Kier alpha value is 0.140. The molecule has 0 aliphatic heterocycles. The number of hydrogen-bond donors (Lipinski definition) is 1. The molecule has 1 N–H and O–H groups in total. The average molecular weight is 252 g/mol. The molecule has 0 amide bonds. The van der Waals surface area contributed by atoms with Crippen molar-refractivity contribution in [3.8, 4) is 0 Å². The fourth-order valence-corrected chi connectivity index (χ4v) is 2.28. The zero-order valence-corrected chi connectivity index (χ0v) is 8.65. The Morgan fingerprint density at radius 2 is 2.40 bits per heavy atom. The second kappa shape index (κ2) is 7.25. The molecule has 10 heavy (non-hydrogen) atoms. The van der Waals surface area contributed by atoms with Crippen LogP contribution >= 0.6 is 0 Å². The first kappa shape index (κ1) is 10.1. The van der Waals surface area contributed by atoms with Gasteiger partial charge in [0.15, 0.2) is 0 Å². The van der Waals surface area contributed by atoms with E-state index in [0.29, 0.717) is 21.2 Å². The van der Waals surface area contributed by atoms with E-state index in [2.05, 4.69) is 13.5 Å². The van der Waals surface area contributed by atoms with Crippen molar-refractivity contribution in [3.63, 3.8) is 0 Å². The van der Waals surface area contributed by atoms with E-state index in [4.69, 9.17) is 5.41 Å². The van der Waals surface area contributed by atoms with Gasteiger partial charge in [-0.25, -0.2) is 0 Å². The summed E-state index contributed by atoms with van der Waals surface area (Å²) in [5.41, 5.74) is 0.972. The number of alkyl halides is 2. The summed E-state index contributed by atoms with van der Waals surface area (Å²) in [6, 6.07) is 0. The van der Waals surface area contributed by atoms with Crippen LogP contribution in [0.1, 0.15) is 19.8 Å². The maximum absolute atomic E-state index is 6.87. The molecule has 2 heteroatoms. The summed E-state index contributed by atoms with van der Waals surface area (Å²) in [5, 5.41) is 6.87. The molecule has 0 fully saturated rings. The molecule has 1 nitrogen and oxygen atoms in total. The molecule has 0 aliphatic rings. The molecule has 0 bridgehead atoms. The van der Waals surface area contributed by atoms with Crippen molar-refractivity contribution in [2.75, 3.05) is 8.86 Å². The van der Waals surface area contributed by atoms with Crippen LogP contribution in [0.25, 0.3) is 0 Å². The van der Waals surface area contributed by atoms with Gasteiger partial charge in [-0.2, -0.15) is 0 Å². The molecule has 0 heterocycles. The van der Waals surface area contributed by atoms with Gasteiger partial charge in [-0.3, -0.25) is 0 Å². The Bertz CT molecular complexity index is 110. The Morgan fingerprint density at radius 3 is 2.90 bits per heavy atom. The van der Waals surface area contributed by atoms with Gasteiger partial charge in [0.2, 0.25) is 0 Å². The van der Waals surface area contributed by atoms with Crippen LogP contribution in [0, 0.1) is 5.41 Å². The molecule has 0 radical (unpaired) electrons. The van der Waals surface area contributed by atoms with Gasteiger partial charge in [-0.1, -0.05) is 0 Å². The number of allylic oxidation sites excluding steroid dienone is 1. The van der Waals surface area contributed by atoms with Gasteiger partial charge in [-0.15, -0.1) is 0 Å². The van der Waals surface area contributed by atoms with Crippen LogP contribution in [0.5, 0.6) is 0 Å². The SMILES string of the molecule is C=C(C=N)CCC[I-]CC. The van der Waals surface area contributed by atoms with Crippen LogP contribution in [0.3, 0.4) is 0 Å². The summed E-state index contributed by atoms with van der Waals surface area (Å²) in [5.74, 6) is 0. The molecular formula is C8H15IN-. The molecule has 60 valence electrons. The Kier molecular flexibility index (Phi) is 7.35. The first-order valence-electron chi connectivity index (χ1n) is 3.53. The summed E-state index contributed by atoms with van der Waals surface area (Å²) in [7, 11) is 0. The fourth-order valence-electron chi connectivity index (χ4n) is 0.594. The number of hydrogen-bond acceptors (Lipinski definition) is 1. The summed E-state index contributed by atoms with van der Waals surface area (Å²) >= 11 is 0.474. The molecule has 0 saturated heterocycles. The van der Waals surface area contributed by atoms with E-state index in [1.807, 2.05) is 0 Å². The van der Waals surface area contributed by atoms with Gasteiger partial charge in [0.1, 0.15) is 0 Å². The quantitative estimate of drug-likeness (QED) is 0.274. The second-order valence-electron chi connectivity index (χ2n) is 2.05. The van der Waals surface area contributed by atoms with Crippen molar-refractivity contribution >= 4 is 6.21 Å². The van der Waals surface area contributed by atoms with E-state index in [0.717, 1.165) is 12.0 Å². The van der Waals surface area contributed by atoms with E-state index in [9.17, 15) is 0 Å². The summed E-state index contributed by atoms with van der Waals surface area (Å²) < 4.78 is 2.78. The van der Waals surface area contributed by atoms with Crippen LogP contribution in [0.4, 0.5) is 0 Å². The van der Waals surface area contributed by atoms with Crippen molar-refractivity contribution in [1.82, 2.24) is 0 Å². The Morgan fingerprint density at radius 1 is 1.70 bits per heavy atom. The third-order valence-electron chi connectivity index (χ3n) is 1.16. The number of nitrogens with one attached hydrogen (secondary N) is 1. The molecule has 0 unspecified atom stereocenters. The van der Waals surface area contributed by atoms with E-state index in [-0.39, 0.29) is 0 Å². The Labute approximate surface area is 73.7 Å². The Balaban J connectivity index is 3.03. The van der Waals surface area contributed by atoms with Crippen molar-refractivity contribution in [3.05, 3.63) is 12.2 Å². The predicted octanol–water partition coefficient (Wildman–Crippen LogP) is -0.919. The number of rotatable bonds is 6. The number of halogens is 1. The monoisotopic (exact) mass is 252 g/mol. The van der Waals surface area contributed by atoms with E-state index < -0.39 is 0 Å². The van der Waals surface area contributed by atoms with E-state index in [1.54, 1.807) is 0 Å². The summed E-state index contributed by atoms with van der Waals surface area (Å²) in [6.07, 6.45) is 3.64. The molecule has 0 spiro atoms. The van der Waals surface area contributed by atoms with Gasteiger partial charge in [0.05, 0.1) is 0 Å². The van der Waals surface area contributed by atoms with Gasteiger partial charge in [-0.05, 0) is 0 Å². The molecule has 0 aromatic heterocycles. The molecule has 0 aromatic carbocycles. The predicted molar refractivity (Wildman–Crippen MR) is 42.6 cm³/mol. The van der Waals surface area contributed by atoms with Crippen molar-refractivity contribution in [1.29, 1.82) is 5.41 Å². The van der Waals surface area contributed by atoms with Crippen molar-refractivity contribution < 1.29 is 21.2 Å². The molecule has 0 saturated carbocycles. The molecular weight excluding hydrogens is 237 g/mol. The first-order chi connectivity index (χ1) is 4.81. The zero-order chi connectivity index (χ0) is 7.82. The third kappa shape index (κ3) is 6.26. The van der Waals surface area contributed by atoms with Crippen LogP contribution < -0.4 is 21.2 Å². The van der Waals surface area contributed by atoms with Gasteiger partial charge in [0.25, 0.3) is 0 Å². The molecule has 0 aliphatic carbocycles. The van der Waals surface area contributed by atoms with E-state index in [1.165, 1.54) is 21.5 Å². The summed E-state index contributed by atoms with van der Waals surface area (Å²) in [6.45, 7) is 5.99. The average Bonchev–Trinajstić information content (AvgIpc) is 1.98. The zero-order valence-electron chi connectivity index (χ0n) is 6.49. The van der Waals surface area contributed by atoms with Gasteiger partial charge < -0.3 is 0 Å². The first-order valence-corrected chi connectivity index (χ1v) is 6.58. The van der Waals surface area contributed by atoms with E-state index >= 15 is 0 Å². The molecule has 0 rings (SSSR count). The summed E-state index contributed by atoms with van der Waals surface area (Å²) in [4.78, 5) is 0. The molecule has 0 aromatic rings. The van der Waals surface area contributed by atoms with Crippen LogP contribution in [0.15, 0.2) is 12.2 Å². The van der Waals surface area contributed by atoms with Crippen LogP contribution in [-0.2, 0) is 0 Å². The third-order valence-corrected chi connectivity index (χ3v) is 3.76. The standard InChI is InChI=1S/C8H15IN/c1-3-9-6-4-5-8(2)7-10/h7,10H,2-6H2,1H3/q-1. The fraction of sp³-hybridized carbons (Fsp3) is 0.625. The van der Waals surface area contributed by atoms with Gasteiger partial charge in [0, 0.05) is 0 Å². The minimum atomic E-state index is 0.474.